The van der Waals surface area contributed by atoms with Crippen molar-refractivity contribution in [3.63, 3.8) is 0 Å². The van der Waals surface area contributed by atoms with Crippen LogP contribution in [0.2, 0.25) is 0 Å². The van der Waals surface area contributed by atoms with E-state index in [1.54, 1.807) is 62.2 Å². The first kappa shape index (κ1) is 11.4. The Morgan fingerprint density at radius 2 is 1.75 bits per heavy atom. The van der Waals surface area contributed by atoms with Gasteiger partial charge in [0.1, 0.15) is 0 Å². The summed E-state index contributed by atoms with van der Waals surface area (Å²) in [6, 6.07) is 0. The van der Waals surface area contributed by atoms with Crippen LogP contribution in [0.15, 0.2) is 0 Å². The summed E-state index contributed by atoms with van der Waals surface area (Å²) in [4.78, 5) is 0. The molecule has 0 nitrogen and oxygen atoms in total. The van der Waals surface area contributed by atoms with Gasteiger partial charge in [0.2, 0.25) is 0 Å². The van der Waals surface area contributed by atoms with Crippen LogP contribution in [-0.4, -0.2) is 22.5 Å². The van der Waals surface area contributed by atoms with Crippen molar-refractivity contribution in [3.8, 4) is 0 Å². The molecule has 0 N–H and O–H groups in total. The summed E-state index contributed by atoms with van der Waals surface area (Å²) in [5.74, 6) is 7.21. The number of fused-ring (bicyclic) bond motifs is 1. The van der Waals surface area contributed by atoms with Gasteiger partial charge in [-0.05, 0) is 72.9 Å². The summed E-state index contributed by atoms with van der Waals surface area (Å²) >= 11 is 0. The molecule has 1 heteroatoms. The maximum Gasteiger partial charge on any atom is -0.0109 e. The SMILES string of the molecule is CC1CCC2CCCCS3(CCCC3C1)C2. The standard InChI is InChI=1S/C15H28S/c1-13-7-8-14-5-2-3-9-16(12-14)10-4-6-15(16)11-13/h13-15H,2-12H2,1H3. The summed E-state index contributed by atoms with van der Waals surface area (Å²) in [6.45, 7) is 2.53. The molecule has 1 spiro atoms. The van der Waals surface area contributed by atoms with Gasteiger partial charge in [0, 0.05) is 0 Å². The van der Waals surface area contributed by atoms with Crippen molar-refractivity contribution in [1.29, 1.82) is 0 Å². The Labute approximate surface area is 103 Å². The van der Waals surface area contributed by atoms with Crippen molar-refractivity contribution < 1.29 is 0 Å². The lowest BCUT2D eigenvalue weighted by Gasteiger charge is -2.45. The predicted molar refractivity (Wildman–Crippen MR) is 75.6 cm³/mol. The molecule has 3 fully saturated rings. The van der Waals surface area contributed by atoms with Crippen LogP contribution in [0.1, 0.15) is 58.3 Å². The second kappa shape index (κ2) is 4.55. The Kier molecular flexibility index (Phi) is 3.26. The maximum atomic E-state index is 2.53. The minimum atomic E-state index is -0.133. The summed E-state index contributed by atoms with van der Waals surface area (Å²) in [5, 5.41) is 1.20. The van der Waals surface area contributed by atoms with E-state index in [1.165, 1.54) is 11.7 Å². The molecule has 3 saturated heterocycles. The quantitative estimate of drug-likeness (QED) is 0.582. The van der Waals surface area contributed by atoms with Gasteiger partial charge in [0.25, 0.3) is 0 Å². The molecule has 2 bridgehead atoms. The molecule has 94 valence electrons. The molecule has 4 unspecified atom stereocenters. The first-order valence-electron chi connectivity index (χ1n) is 7.54. The van der Waals surface area contributed by atoms with Gasteiger partial charge in [-0.25, -0.2) is 10.0 Å². The van der Waals surface area contributed by atoms with E-state index < -0.39 is 0 Å². The third-order valence-electron chi connectivity index (χ3n) is 5.50. The van der Waals surface area contributed by atoms with E-state index in [0.717, 1.165) is 11.8 Å². The molecule has 3 rings (SSSR count). The monoisotopic (exact) mass is 240 g/mol. The molecule has 0 radical (unpaired) electrons. The fourth-order valence-electron chi connectivity index (χ4n) is 4.60. The maximum absolute atomic E-state index is 2.53. The molecular formula is C15H28S. The molecule has 0 amide bonds. The van der Waals surface area contributed by atoms with Gasteiger partial charge in [-0.2, -0.15) is 0 Å². The number of hydrogen-bond donors (Lipinski definition) is 0. The van der Waals surface area contributed by atoms with Crippen molar-refractivity contribution in [2.75, 3.05) is 17.3 Å². The van der Waals surface area contributed by atoms with E-state index in [-0.39, 0.29) is 10.0 Å². The highest BCUT2D eigenvalue weighted by Crippen LogP contribution is 2.64. The lowest BCUT2D eigenvalue weighted by atomic mass is 9.91. The van der Waals surface area contributed by atoms with Crippen LogP contribution in [0, 0.1) is 11.8 Å². The van der Waals surface area contributed by atoms with E-state index >= 15 is 0 Å². The second-order valence-electron chi connectivity index (χ2n) is 6.73. The Hall–Kier alpha value is 0.350. The van der Waals surface area contributed by atoms with E-state index in [4.69, 9.17) is 0 Å². The molecule has 0 saturated carbocycles. The minimum Gasteiger partial charge on any atom is -0.238 e. The molecule has 0 aromatic heterocycles. The summed E-state index contributed by atoms with van der Waals surface area (Å²) in [5.41, 5.74) is 0. The van der Waals surface area contributed by atoms with Crippen molar-refractivity contribution in [3.05, 3.63) is 0 Å². The van der Waals surface area contributed by atoms with Gasteiger partial charge in [-0.3, -0.25) is 0 Å². The fourth-order valence-corrected chi connectivity index (χ4v) is 10.3. The average molecular weight is 240 g/mol. The zero-order valence-corrected chi connectivity index (χ0v) is 11.7. The summed E-state index contributed by atoms with van der Waals surface area (Å²) in [6.07, 6.45) is 12.6. The molecule has 16 heavy (non-hydrogen) atoms. The lowest BCUT2D eigenvalue weighted by Crippen LogP contribution is -2.27. The van der Waals surface area contributed by atoms with Crippen LogP contribution in [0.5, 0.6) is 0 Å². The van der Waals surface area contributed by atoms with Crippen LogP contribution < -0.4 is 0 Å². The molecule has 3 aliphatic rings. The normalized spacial score (nSPS) is 52.9. The Morgan fingerprint density at radius 1 is 0.875 bits per heavy atom. The Morgan fingerprint density at radius 3 is 2.69 bits per heavy atom. The topological polar surface area (TPSA) is 0 Å². The highest BCUT2D eigenvalue weighted by atomic mass is 32.3. The fraction of sp³-hybridized carbons (Fsp3) is 1.00. The zero-order valence-electron chi connectivity index (χ0n) is 10.9. The molecular weight excluding hydrogens is 212 g/mol. The van der Waals surface area contributed by atoms with Gasteiger partial charge in [-0.1, -0.05) is 19.8 Å². The number of hydrogen-bond acceptors (Lipinski definition) is 0. The van der Waals surface area contributed by atoms with E-state index in [2.05, 4.69) is 6.92 Å². The third-order valence-corrected chi connectivity index (χ3v) is 10.7. The van der Waals surface area contributed by atoms with Crippen molar-refractivity contribution in [1.82, 2.24) is 0 Å². The van der Waals surface area contributed by atoms with Crippen LogP contribution in [0.3, 0.4) is 0 Å². The minimum absolute atomic E-state index is 0.133. The van der Waals surface area contributed by atoms with Crippen LogP contribution >= 0.6 is 10.0 Å². The van der Waals surface area contributed by atoms with Crippen molar-refractivity contribution in [2.24, 2.45) is 11.8 Å². The summed E-state index contributed by atoms with van der Waals surface area (Å²) in [7, 11) is -0.133. The molecule has 3 aliphatic heterocycles. The van der Waals surface area contributed by atoms with Crippen LogP contribution in [0.4, 0.5) is 0 Å². The van der Waals surface area contributed by atoms with Crippen LogP contribution in [0.25, 0.3) is 0 Å². The van der Waals surface area contributed by atoms with E-state index in [1.807, 2.05) is 0 Å². The molecule has 3 heterocycles. The highest BCUT2D eigenvalue weighted by molar-refractivity contribution is 8.34. The first-order valence-corrected chi connectivity index (χ1v) is 9.74. The van der Waals surface area contributed by atoms with Gasteiger partial charge in [0.15, 0.2) is 0 Å². The number of rotatable bonds is 0. The van der Waals surface area contributed by atoms with E-state index in [9.17, 15) is 0 Å². The van der Waals surface area contributed by atoms with Crippen molar-refractivity contribution in [2.45, 2.75) is 63.5 Å². The van der Waals surface area contributed by atoms with Gasteiger partial charge >= 0.3 is 0 Å². The smallest absolute Gasteiger partial charge is 0.0109 e. The van der Waals surface area contributed by atoms with Gasteiger partial charge in [0.05, 0.1) is 0 Å². The van der Waals surface area contributed by atoms with Crippen molar-refractivity contribution >= 4 is 10.0 Å². The molecule has 0 aliphatic carbocycles. The summed E-state index contributed by atoms with van der Waals surface area (Å²) < 4.78 is 0. The third kappa shape index (κ3) is 2.05. The second-order valence-corrected chi connectivity index (χ2v) is 10.8. The Bertz CT molecular complexity index is 250. The molecule has 0 aromatic carbocycles. The van der Waals surface area contributed by atoms with Gasteiger partial charge in [-0.15, -0.1) is 0 Å². The zero-order chi connectivity index (χ0) is 11.0. The predicted octanol–water partition coefficient (Wildman–Crippen LogP) is 4.57. The average Bonchev–Trinajstić information content (AvgIpc) is 2.51. The highest BCUT2D eigenvalue weighted by Gasteiger charge is 2.41. The van der Waals surface area contributed by atoms with E-state index in [0.29, 0.717) is 0 Å². The first-order chi connectivity index (χ1) is 7.78. The van der Waals surface area contributed by atoms with Crippen LogP contribution in [-0.2, 0) is 0 Å². The lowest BCUT2D eigenvalue weighted by molar-refractivity contribution is 0.385. The molecule has 0 aromatic rings. The Balaban J connectivity index is 1.86. The van der Waals surface area contributed by atoms with Gasteiger partial charge < -0.3 is 0 Å². The largest absolute Gasteiger partial charge is 0.238 e. The molecule has 4 atom stereocenters.